The summed E-state index contributed by atoms with van der Waals surface area (Å²) in [5.74, 6) is -0.125. The third-order valence-corrected chi connectivity index (χ3v) is 2.47. The number of rotatable bonds is 3. The highest BCUT2D eigenvalue weighted by molar-refractivity contribution is 5.92. The Bertz CT molecular complexity index is 360. The lowest BCUT2D eigenvalue weighted by Gasteiger charge is -2.22. The highest BCUT2D eigenvalue weighted by atomic mass is 16.3. The number of aliphatic hydroxyl groups excluding tert-OH is 1. The molecule has 5 heteroatoms. The van der Waals surface area contributed by atoms with Gasteiger partial charge in [-0.05, 0) is 19.9 Å². The van der Waals surface area contributed by atoms with E-state index in [2.05, 4.69) is 5.10 Å². The van der Waals surface area contributed by atoms with Gasteiger partial charge in [0.1, 0.15) is 5.69 Å². The van der Waals surface area contributed by atoms with Gasteiger partial charge in [-0.1, -0.05) is 0 Å². The van der Waals surface area contributed by atoms with Gasteiger partial charge in [0.15, 0.2) is 0 Å². The van der Waals surface area contributed by atoms with E-state index in [0.29, 0.717) is 5.69 Å². The standard InChI is InChI=1S/C10H17N3O2/c1-7-5-9(13(4)11-7)10(15)12(3)8(2)6-14/h5,8,14H,6H2,1-4H3. The first-order valence-corrected chi connectivity index (χ1v) is 4.86. The molecule has 1 atom stereocenters. The van der Waals surface area contributed by atoms with Crippen LogP contribution in [0.1, 0.15) is 23.1 Å². The zero-order chi connectivity index (χ0) is 11.6. The fraction of sp³-hybridized carbons (Fsp3) is 0.600. The molecule has 0 aliphatic carbocycles. The molecule has 5 nitrogen and oxygen atoms in total. The molecule has 1 amide bonds. The highest BCUT2D eigenvalue weighted by Gasteiger charge is 2.19. The molecule has 0 fully saturated rings. The smallest absolute Gasteiger partial charge is 0.272 e. The minimum absolute atomic E-state index is 0.0426. The van der Waals surface area contributed by atoms with Crippen molar-refractivity contribution in [1.82, 2.24) is 14.7 Å². The van der Waals surface area contributed by atoms with Gasteiger partial charge in [0.05, 0.1) is 18.3 Å². The van der Waals surface area contributed by atoms with Crippen LogP contribution in [0.15, 0.2) is 6.07 Å². The van der Waals surface area contributed by atoms with E-state index in [1.807, 2.05) is 6.92 Å². The lowest BCUT2D eigenvalue weighted by atomic mass is 10.2. The molecule has 0 aliphatic heterocycles. The molecule has 0 spiro atoms. The van der Waals surface area contributed by atoms with Gasteiger partial charge in [-0.2, -0.15) is 5.10 Å². The van der Waals surface area contributed by atoms with Crippen LogP contribution in [0, 0.1) is 6.92 Å². The van der Waals surface area contributed by atoms with Crippen LogP contribution >= 0.6 is 0 Å². The summed E-state index contributed by atoms with van der Waals surface area (Å²) in [6.45, 7) is 3.59. The molecule has 15 heavy (non-hydrogen) atoms. The Morgan fingerprint density at radius 2 is 2.33 bits per heavy atom. The predicted octanol–water partition coefficient (Wildman–Crippen LogP) is 0.181. The minimum atomic E-state index is -0.187. The average molecular weight is 211 g/mol. The molecule has 0 radical (unpaired) electrons. The monoisotopic (exact) mass is 211 g/mol. The quantitative estimate of drug-likeness (QED) is 0.776. The highest BCUT2D eigenvalue weighted by Crippen LogP contribution is 2.07. The van der Waals surface area contributed by atoms with Crippen LogP contribution in [0.5, 0.6) is 0 Å². The van der Waals surface area contributed by atoms with E-state index in [1.54, 1.807) is 31.8 Å². The van der Waals surface area contributed by atoms with Crippen LogP contribution < -0.4 is 0 Å². The molecule has 1 heterocycles. The zero-order valence-electron chi connectivity index (χ0n) is 9.56. The van der Waals surface area contributed by atoms with Gasteiger partial charge in [-0.25, -0.2) is 0 Å². The molecule has 84 valence electrons. The first-order valence-electron chi connectivity index (χ1n) is 4.86. The van der Waals surface area contributed by atoms with Gasteiger partial charge in [0.2, 0.25) is 0 Å². The van der Waals surface area contributed by atoms with Crippen molar-refractivity contribution in [3.8, 4) is 0 Å². The van der Waals surface area contributed by atoms with Crippen molar-refractivity contribution in [3.63, 3.8) is 0 Å². The van der Waals surface area contributed by atoms with Gasteiger partial charge in [0.25, 0.3) is 5.91 Å². The van der Waals surface area contributed by atoms with Crippen LogP contribution in [-0.4, -0.2) is 45.4 Å². The third-order valence-electron chi connectivity index (χ3n) is 2.47. The van der Waals surface area contributed by atoms with Gasteiger partial charge in [-0.3, -0.25) is 9.48 Å². The number of nitrogens with zero attached hydrogens (tertiary/aromatic N) is 3. The van der Waals surface area contributed by atoms with E-state index in [0.717, 1.165) is 5.69 Å². The summed E-state index contributed by atoms with van der Waals surface area (Å²) in [6, 6.07) is 1.55. The van der Waals surface area contributed by atoms with Gasteiger partial charge >= 0.3 is 0 Å². The van der Waals surface area contributed by atoms with Crippen LogP contribution in [0.3, 0.4) is 0 Å². The van der Waals surface area contributed by atoms with E-state index >= 15 is 0 Å². The summed E-state index contributed by atoms with van der Waals surface area (Å²) in [6.07, 6.45) is 0. The van der Waals surface area contributed by atoms with Gasteiger partial charge < -0.3 is 10.0 Å². The Kier molecular flexibility index (Phi) is 3.47. The summed E-state index contributed by atoms with van der Waals surface area (Å²) >= 11 is 0. The first kappa shape index (κ1) is 11.7. The van der Waals surface area contributed by atoms with Crippen molar-refractivity contribution in [1.29, 1.82) is 0 Å². The van der Waals surface area contributed by atoms with Crippen molar-refractivity contribution in [2.75, 3.05) is 13.7 Å². The minimum Gasteiger partial charge on any atom is -0.394 e. The van der Waals surface area contributed by atoms with Crippen molar-refractivity contribution < 1.29 is 9.90 Å². The number of aliphatic hydroxyl groups is 1. The molecule has 1 N–H and O–H groups in total. The number of aryl methyl sites for hydroxylation is 2. The molecule has 1 rings (SSSR count). The Balaban J connectivity index is 2.89. The van der Waals surface area contributed by atoms with E-state index in [4.69, 9.17) is 5.11 Å². The Morgan fingerprint density at radius 3 is 2.73 bits per heavy atom. The Hall–Kier alpha value is -1.36. The van der Waals surface area contributed by atoms with Gasteiger partial charge in [0, 0.05) is 14.1 Å². The van der Waals surface area contributed by atoms with Crippen molar-refractivity contribution in [2.24, 2.45) is 7.05 Å². The molecule has 0 aromatic carbocycles. The number of hydrogen-bond acceptors (Lipinski definition) is 3. The Labute approximate surface area is 89.3 Å². The fourth-order valence-corrected chi connectivity index (χ4v) is 1.31. The number of carbonyl (C=O) groups excluding carboxylic acids is 1. The summed E-state index contributed by atoms with van der Waals surface area (Å²) in [5.41, 5.74) is 1.35. The first-order chi connectivity index (χ1) is 6.97. The second-order valence-electron chi connectivity index (χ2n) is 3.74. The molecule has 0 saturated carbocycles. The number of hydrogen-bond donors (Lipinski definition) is 1. The maximum Gasteiger partial charge on any atom is 0.272 e. The Morgan fingerprint density at radius 1 is 1.73 bits per heavy atom. The fourth-order valence-electron chi connectivity index (χ4n) is 1.31. The average Bonchev–Trinajstić information content (AvgIpc) is 2.54. The molecule has 1 aromatic rings. The summed E-state index contributed by atoms with van der Waals surface area (Å²) in [5, 5.41) is 13.1. The third kappa shape index (κ3) is 2.36. The summed E-state index contributed by atoms with van der Waals surface area (Å²) in [7, 11) is 3.41. The number of amides is 1. The maximum atomic E-state index is 11.9. The van der Waals surface area contributed by atoms with E-state index in [1.165, 1.54) is 4.90 Å². The molecule has 1 aromatic heterocycles. The zero-order valence-corrected chi connectivity index (χ0v) is 9.56. The lowest BCUT2D eigenvalue weighted by molar-refractivity contribution is 0.0671. The molecular weight excluding hydrogens is 194 g/mol. The van der Waals surface area contributed by atoms with Gasteiger partial charge in [-0.15, -0.1) is 0 Å². The van der Waals surface area contributed by atoms with Crippen LogP contribution in [0.25, 0.3) is 0 Å². The molecule has 0 saturated heterocycles. The van der Waals surface area contributed by atoms with Crippen molar-refractivity contribution in [2.45, 2.75) is 19.9 Å². The van der Waals surface area contributed by atoms with Crippen molar-refractivity contribution >= 4 is 5.91 Å². The largest absolute Gasteiger partial charge is 0.394 e. The number of carbonyl (C=O) groups is 1. The van der Waals surface area contributed by atoms with Crippen LogP contribution in [-0.2, 0) is 7.05 Å². The van der Waals surface area contributed by atoms with E-state index in [-0.39, 0.29) is 18.6 Å². The van der Waals surface area contributed by atoms with Crippen LogP contribution in [0.4, 0.5) is 0 Å². The van der Waals surface area contributed by atoms with E-state index < -0.39 is 0 Å². The number of likely N-dealkylation sites (N-methyl/N-ethyl adjacent to an activating group) is 1. The summed E-state index contributed by atoms with van der Waals surface area (Å²) < 4.78 is 1.55. The SMILES string of the molecule is Cc1cc(C(=O)N(C)C(C)CO)n(C)n1. The lowest BCUT2D eigenvalue weighted by Crippen LogP contribution is -2.38. The molecule has 0 aliphatic rings. The predicted molar refractivity (Wildman–Crippen MR) is 56.6 cm³/mol. The molecule has 1 unspecified atom stereocenters. The van der Waals surface area contributed by atoms with E-state index in [9.17, 15) is 4.79 Å². The van der Waals surface area contributed by atoms with Crippen molar-refractivity contribution in [3.05, 3.63) is 17.5 Å². The normalized spacial score (nSPS) is 12.6. The molecular formula is C10H17N3O2. The topological polar surface area (TPSA) is 58.4 Å². The maximum absolute atomic E-state index is 11.9. The molecule has 0 bridgehead atoms. The van der Waals surface area contributed by atoms with Crippen LogP contribution in [0.2, 0.25) is 0 Å². The number of aromatic nitrogens is 2. The second-order valence-corrected chi connectivity index (χ2v) is 3.74. The second kappa shape index (κ2) is 4.44. The summed E-state index contributed by atoms with van der Waals surface area (Å²) in [4.78, 5) is 13.4.